The van der Waals surface area contributed by atoms with Gasteiger partial charge in [-0.25, -0.2) is 0 Å². The molecule has 0 heteroatoms. The van der Waals surface area contributed by atoms with E-state index in [9.17, 15) is 0 Å². The Morgan fingerprint density at radius 3 is 1.14 bits per heavy atom. The lowest BCUT2D eigenvalue weighted by Crippen LogP contribution is -2.29. The second-order valence-electron chi connectivity index (χ2n) is 7.38. The standard InChI is InChI=1S/C14H28/c1-10-11(13(2,3)4)8-9-12(10)14(5,6)7/h10-12H,8-9H2,1-7H3. The summed E-state index contributed by atoms with van der Waals surface area (Å²) >= 11 is 0. The van der Waals surface area contributed by atoms with Crippen molar-refractivity contribution in [3.8, 4) is 0 Å². The van der Waals surface area contributed by atoms with Crippen molar-refractivity contribution < 1.29 is 0 Å². The third-order valence-electron chi connectivity index (χ3n) is 4.28. The molecular formula is C14H28. The molecule has 1 rings (SSSR count). The fourth-order valence-electron chi connectivity index (χ4n) is 3.61. The Balaban J connectivity index is 2.75. The second-order valence-corrected chi connectivity index (χ2v) is 7.38. The predicted molar refractivity (Wildman–Crippen MR) is 64.3 cm³/mol. The van der Waals surface area contributed by atoms with Crippen LogP contribution in [-0.2, 0) is 0 Å². The van der Waals surface area contributed by atoms with Gasteiger partial charge in [-0.15, -0.1) is 0 Å². The van der Waals surface area contributed by atoms with Gasteiger partial charge in [-0.3, -0.25) is 0 Å². The number of hydrogen-bond acceptors (Lipinski definition) is 0. The molecule has 0 spiro atoms. The third kappa shape index (κ3) is 2.32. The van der Waals surface area contributed by atoms with Gasteiger partial charge in [-0.2, -0.15) is 0 Å². The van der Waals surface area contributed by atoms with Crippen molar-refractivity contribution in [2.24, 2.45) is 28.6 Å². The highest BCUT2D eigenvalue weighted by molar-refractivity contribution is 4.92. The minimum atomic E-state index is 0.499. The van der Waals surface area contributed by atoms with Crippen molar-refractivity contribution >= 4 is 0 Å². The highest BCUT2D eigenvalue weighted by atomic mass is 14.5. The first-order valence-corrected chi connectivity index (χ1v) is 6.14. The minimum Gasteiger partial charge on any atom is -0.0619 e. The Morgan fingerprint density at radius 1 is 0.714 bits per heavy atom. The van der Waals surface area contributed by atoms with Crippen LogP contribution in [0.15, 0.2) is 0 Å². The van der Waals surface area contributed by atoms with Crippen LogP contribution in [0, 0.1) is 28.6 Å². The molecule has 0 amide bonds. The Hall–Kier alpha value is 0. The van der Waals surface area contributed by atoms with Crippen LogP contribution >= 0.6 is 0 Å². The van der Waals surface area contributed by atoms with Crippen molar-refractivity contribution in [3.05, 3.63) is 0 Å². The minimum absolute atomic E-state index is 0.499. The molecule has 0 heterocycles. The summed E-state index contributed by atoms with van der Waals surface area (Å²) in [6, 6.07) is 0. The summed E-state index contributed by atoms with van der Waals surface area (Å²) in [4.78, 5) is 0. The molecule has 1 saturated carbocycles. The summed E-state index contributed by atoms with van der Waals surface area (Å²) in [5.74, 6) is 2.74. The van der Waals surface area contributed by atoms with E-state index in [2.05, 4.69) is 48.5 Å². The molecule has 1 aliphatic carbocycles. The zero-order chi connectivity index (χ0) is 11.1. The van der Waals surface area contributed by atoms with Crippen molar-refractivity contribution in [1.82, 2.24) is 0 Å². The highest BCUT2D eigenvalue weighted by Crippen LogP contribution is 2.51. The maximum atomic E-state index is 2.47. The fourth-order valence-corrected chi connectivity index (χ4v) is 3.61. The summed E-state index contributed by atoms with van der Waals surface area (Å²) in [6.45, 7) is 16.9. The first kappa shape index (κ1) is 12.1. The Morgan fingerprint density at radius 2 is 1.00 bits per heavy atom. The van der Waals surface area contributed by atoms with Crippen molar-refractivity contribution in [1.29, 1.82) is 0 Å². The van der Waals surface area contributed by atoms with Gasteiger partial charge in [0.2, 0.25) is 0 Å². The van der Waals surface area contributed by atoms with Crippen LogP contribution in [0.4, 0.5) is 0 Å². The lowest BCUT2D eigenvalue weighted by Gasteiger charge is -2.36. The summed E-state index contributed by atoms with van der Waals surface area (Å²) in [5, 5.41) is 0. The quantitative estimate of drug-likeness (QED) is 0.525. The van der Waals surface area contributed by atoms with Crippen LogP contribution in [0.3, 0.4) is 0 Å². The molecule has 0 bridgehead atoms. The van der Waals surface area contributed by atoms with Gasteiger partial charge in [0, 0.05) is 0 Å². The van der Waals surface area contributed by atoms with Gasteiger partial charge < -0.3 is 0 Å². The van der Waals surface area contributed by atoms with Crippen molar-refractivity contribution in [2.75, 3.05) is 0 Å². The molecule has 84 valence electrons. The van der Waals surface area contributed by atoms with Gasteiger partial charge in [0.25, 0.3) is 0 Å². The Kier molecular flexibility index (Phi) is 3.05. The SMILES string of the molecule is CC1C(C(C)(C)C)CCC1C(C)(C)C. The maximum absolute atomic E-state index is 2.47. The van der Waals surface area contributed by atoms with Crippen LogP contribution in [-0.4, -0.2) is 0 Å². The molecule has 14 heavy (non-hydrogen) atoms. The van der Waals surface area contributed by atoms with Gasteiger partial charge in [0.1, 0.15) is 0 Å². The summed E-state index contributed by atoms with van der Waals surface area (Å²) in [7, 11) is 0. The van der Waals surface area contributed by atoms with E-state index in [1.54, 1.807) is 0 Å². The van der Waals surface area contributed by atoms with Crippen LogP contribution in [0.2, 0.25) is 0 Å². The summed E-state index contributed by atoms with van der Waals surface area (Å²) in [5.41, 5.74) is 0.999. The molecule has 0 aromatic carbocycles. The topological polar surface area (TPSA) is 0 Å². The van der Waals surface area contributed by atoms with Gasteiger partial charge in [-0.1, -0.05) is 48.5 Å². The first-order chi connectivity index (χ1) is 6.14. The maximum Gasteiger partial charge on any atom is -0.0337 e. The lowest BCUT2D eigenvalue weighted by molar-refractivity contribution is 0.126. The van der Waals surface area contributed by atoms with E-state index in [4.69, 9.17) is 0 Å². The van der Waals surface area contributed by atoms with E-state index < -0.39 is 0 Å². The van der Waals surface area contributed by atoms with Crippen LogP contribution in [0.25, 0.3) is 0 Å². The number of hydrogen-bond donors (Lipinski definition) is 0. The molecule has 0 N–H and O–H groups in total. The van der Waals surface area contributed by atoms with Crippen LogP contribution < -0.4 is 0 Å². The van der Waals surface area contributed by atoms with E-state index in [1.807, 2.05) is 0 Å². The van der Waals surface area contributed by atoms with Crippen LogP contribution in [0.1, 0.15) is 61.3 Å². The molecule has 2 atom stereocenters. The van der Waals surface area contributed by atoms with E-state index in [-0.39, 0.29) is 0 Å². The molecule has 2 unspecified atom stereocenters. The predicted octanol–water partition coefficient (Wildman–Crippen LogP) is 4.74. The smallest absolute Gasteiger partial charge is 0.0337 e. The molecule has 0 radical (unpaired) electrons. The molecule has 0 saturated heterocycles. The molecular weight excluding hydrogens is 168 g/mol. The largest absolute Gasteiger partial charge is 0.0619 e. The van der Waals surface area contributed by atoms with Gasteiger partial charge in [0.15, 0.2) is 0 Å². The van der Waals surface area contributed by atoms with Gasteiger partial charge in [-0.05, 0) is 41.4 Å². The van der Waals surface area contributed by atoms with Crippen molar-refractivity contribution in [2.45, 2.75) is 61.3 Å². The molecule has 0 aromatic rings. The second kappa shape index (κ2) is 3.54. The van der Waals surface area contributed by atoms with Crippen LogP contribution in [0.5, 0.6) is 0 Å². The fraction of sp³-hybridized carbons (Fsp3) is 1.00. The first-order valence-electron chi connectivity index (χ1n) is 6.14. The van der Waals surface area contributed by atoms with Crippen molar-refractivity contribution in [3.63, 3.8) is 0 Å². The molecule has 0 aliphatic heterocycles. The summed E-state index contributed by atoms with van der Waals surface area (Å²) < 4.78 is 0. The zero-order valence-corrected chi connectivity index (χ0v) is 11.1. The molecule has 0 nitrogen and oxygen atoms in total. The van der Waals surface area contributed by atoms with Gasteiger partial charge in [0.05, 0.1) is 0 Å². The monoisotopic (exact) mass is 196 g/mol. The summed E-state index contributed by atoms with van der Waals surface area (Å²) in [6.07, 6.45) is 2.87. The van der Waals surface area contributed by atoms with Gasteiger partial charge >= 0.3 is 0 Å². The Labute approximate surface area is 90.5 Å². The normalized spacial score (nSPS) is 34.9. The molecule has 1 fully saturated rings. The van der Waals surface area contributed by atoms with E-state index in [0.717, 1.165) is 17.8 Å². The Bertz CT molecular complexity index is 167. The van der Waals surface area contributed by atoms with E-state index >= 15 is 0 Å². The average Bonchev–Trinajstić information content (AvgIpc) is 2.26. The van der Waals surface area contributed by atoms with E-state index in [0.29, 0.717) is 10.8 Å². The molecule has 1 aliphatic rings. The zero-order valence-electron chi connectivity index (χ0n) is 11.1. The highest BCUT2D eigenvalue weighted by Gasteiger charge is 2.43. The number of rotatable bonds is 0. The molecule has 0 aromatic heterocycles. The third-order valence-corrected chi connectivity index (χ3v) is 4.28. The average molecular weight is 196 g/mol. The van der Waals surface area contributed by atoms with E-state index in [1.165, 1.54) is 12.8 Å². The lowest BCUT2D eigenvalue weighted by atomic mass is 9.69.